The van der Waals surface area contributed by atoms with Crippen molar-refractivity contribution in [3.05, 3.63) is 54.1 Å². The van der Waals surface area contributed by atoms with Gasteiger partial charge in [-0.25, -0.2) is 4.39 Å². The summed E-state index contributed by atoms with van der Waals surface area (Å²) in [5.41, 5.74) is 3.71. The van der Waals surface area contributed by atoms with E-state index in [-0.39, 0.29) is 11.6 Å². The molecule has 0 radical (unpaired) electrons. The van der Waals surface area contributed by atoms with Gasteiger partial charge in [-0.1, -0.05) is 0 Å². The Hall–Kier alpha value is -2.43. The van der Waals surface area contributed by atoms with Crippen LogP contribution in [0.4, 0.5) is 10.1 Å². The van der Waals surface area contributed by atoms with Crippen molar-refractivity contribution in [2.75, 3.05) is 5.43 Å². The summed E-state index contributed by atoms with van der Waals surface area (Å²) in [6, 6.07) is 8.93. The van der Waals surface area contributed by atoms with Crippen molar-refractivity contribution in [1.29, 1.82) is 0 Å². The van der Waals surface area contributed by atoms with E-state index in [9.17, 15) is 9.50 Å². The van der Waals surface area contributed by atoms with Gasteiger partial charge in [-0.2, -0.15) is 5.10 Å². The second-order valence-corrected chi connectivity index (χ2v) is 3.28. The fourth-order valence-electron chi connectivity index (χ4n) is 1.20. The molecular formula is C12H10FN3O. The third-order valence-electron chi connectivity index (χ3n) is 2.04. The average molecular weight is 231 g/mol. The van der Waals surface area contributed by atoms with Crippen molar-refractivity contribution in [1.82, 2.24) is 4.98 Å². The maximum Gasteiger partial charge on any atom is 0.142 e. The Kier molecular flexibility index (Phi) is 3.30. The minimum atomic E-state index is -0.304. The van der Waals surface area contributed by atoms with Crippen molar-refractivity contribution in [3.63, 3.8) is 0 Å². The lowest BCUT2D eigenvalue weighted by Gasteiger charge is -1.99. The minimum absolute atomic E-state index is 0.0529. The lowest BCUT2D eigenvalue weighted by Crippen LogP contribution is -1.92. The molecule has 5 heteroatoms. The summed E-state index contributed by atoms with van der Waals surface area (Å²) in [7, 11) is 0. The van der Waals surface area contributed by atoms with Crippen LogP contribution in [0.15, 0.2) is 47.7 Å². The number of aromatic nitrogens is 1. The average Bonchev–Trinajstić information content (AvgIpc) is 2.34. The number of rotatable bonds is 3. The molecule has 4 nitrogen and oxygen atoms in total. The van der Waals surface area contributed by atoms with Gasteiger partial charge >= 0.3 is 0 Å². The molecule has 2 aromatic rings. The van der Waals surface area contributed by atoms with Crippen molar-refractivity contribution in [2.24, 2.45) is 5.10 Å². The van der Waals surface area contributed by atoms with E-state index in [1.165, 1.54) is 24.4 Å². The van der Waals surface area contributed by atoms with Gasteiger partial charge in [-0.05, 0) is 36.4 Å². The fourth-order valence-corrected chi connectivity index (χ4v) is 1.20. The molecule has 0 spiro atoms. The molecule has 0 aliphatic carbocycles. The molecule has 0 saturated carbocycles. The Morgan fingerprint density at radius 2 is 2.00 bits per heavy atom. The molecule has 0 atom stereocenters. The van der Waals surface area contributed by atoms with Crippen LogP contribution in [-0.2, 0) is 0 Å². The Balaban J connectivity index is 2.03. The van der Waals surface area contributed by atoms with Gasteiger partial charge in [0.15, 0.2) is 0 Å². The maximum absolute atomic E-state index is 12.6. The van der Waals surface area contributed by atoms with Crippen LogP contribution in [0.5, 0.6) is 5.75 Å². The molecule has 1 heterocycles. The third-order valence-corrected chi connectivity index (χ3v) is 2.04. The molecule has 0 fully saturated rings. The number of nitrogens with one attached hydrogen (secondary N) is 1. The standard InChI is InChI=1S/C12H10FN3O/c13-9-3-5-10(6-4-9)16-15-8-11-12(17)2-1-7-14-11/h1-8,16-17H. The first-order valence-electron chi connectivity index (χ1n) is 4.94. The molecule has 86 valence electrons. The summed E-state index contributed by atoms with van der Waals surface area (Å²) in [4.78, 5) is 3.92. The molecule has 0 aliphatic rings. The number of aromatic hydroxyl groups is 1. The number of hydrogen-bond acceptors (Lipinski definition) is 4. The highest BCUT2D eigenvalue weighted by molar-refractivity contribution is 5.81. The SMILES string of the molecule is Oc1cccnc1C=NNc1ccc(F)cc1. The zero-order chi connectivity index (χ0) is 12.1. The highest BCUT2D eigenvalue weighted by Crippen LogP contribution is 2.11. The van der Waals surface area contributed by atoms with Gasteiger partial charge in [0, 0.05) is 6.20 Å². The fraction of sp³-hybridized carbons (Fsp3) is 0. The van der Waals surface area contributed by atoms with Gasteiger partial charge in [-0.15, -0.1) is 0 Å². The largest absolute Gasteiger partial charge is 0.506 e. The lowest BCUT2D eigenvalue weighted by molar-refractivity contribution is 0.471. The van der Waals surface area contributed by atoms with Gasteiger partial charge in [0.05, 0.1) is 11.9 Å². The van der Waals surface area contributed by atoms with E-state index < -0.39 is 0 Å². The van der Waals surface area contributed by atoms with Crippen LogP contribution in [0.3, 0.4) is 0 Å². The Labute approximate surface area is 97.4 Å². The molecule has 17 heavy (non-hydrogen) atoms. The Morgan fingerprint density at radius 3 is 2.71 bits per heavy atom. The number of halogens is 1. The Morgan fingerprint density at radius 1 is 1.24 bits per heavy atom. The first-order chi connectivity index (χ1) is 8.25. The van der Waals surface area contributed by atoms with E-state index in [0.717, 1.165) is 0 Å². The first kappa shape index (κ1) is 11.1. The highest BCUT2D eigenvalue weighted by Gasteiger charge is 1.96. The van der Waals surface area contributed by atoms with E-state index in [0.29, 0.717) is 11.4 Å². The summed E-state index contributed by atoms with van der Waals surface area (Å²) in [6.07, 6.45) is 2.94. The van der Waals surface area contributed by atoms with Crippen LogP contribution >= 0.6 is 0 Å². The van der Waals surface area contributed by atoms with E-state index >= 15 is 0 Å². The zero-order valence-electron chi connectivity index (χ0n) is 8.84. The van der Waals surface area contributed by atoms with Crippen molar-refractivity contribution in [3.8, 4) is 5.75 Å². The van der Waals surface area contributed by atoms with Crippen LogP contribution in [0, 0.1) is 5.82 Å². The third kappa shape index (κ3) is 3.01. The van der Waals surface area contributed by atoms with Crippen LogP contribution in [0.1, 0.15) is 5.69 Å². The first-order valence-corrected chi connectivity index (χ1v) is 4.94. The van der Waals surface area contributed by atoms with Gasteiger partial charge in [0.25, 0.3) is 0 Å². The van der Waals surface area contributed by atoms with E-state index in [1.807, 2.05) is 0 Å². The highest BCUT2D eigenvalue weighted by atomic mass is 19.1. The van der Waals surface area contributed by atoms with Crippen molar-refractivity contribution >= 4 is 11.9 Å². The zero-order valence-corrected chi connectivity index (χ0v) is 8.84. The maximum atomic E-state index is 12.6. The number of anilines is 1. The molecule has 1 aromatic carbocycles. The van der Waals surface area contributed by atoms with E-state index in [1.54, 1.807) is 24.4 Å². The molecule has 0 amide bonds. The number of hydrazone groups is 1. The van der Waals surface area contributed by atoms with Gasteiger partial charge < -0.3 is 5.11 Å². The number of hydrogen-bond donors (Lipinski definition) is 2. The second-order valence-electron chi connectivity index (χ2n) is 3.28. The quantitative estimate of drug-likeness (QED) is 0.629. The second kappa shape index (κ2) is 5.07. The molecule has 0 bridgehead atoms. The summed E-state index contributed by atoms with van der Waals surface area (Å²) < 4.78 is 12.6. The van der Waals surface area contributed by atoms with Crippen LogP contribution in [0.25, 0.3) is 0 Å². The predicted octanol–water partition coefficient (Wildman–Crippen LogP) is 2.37. The Bertz CT molecular complexity index is 526. The van der Waals surface area contributed by atoms with Crippen LogP contribution < -0.4 is 5.43 Å². The normalized spacial score (nSPS) is 10.6. The lowest BCUT2D eigenvalue weighted by atomic mass is 10.3. The topological polar surface area (TPSA) is 57.5 Å². The summed E-state index contributed by atoms with van der Waals surface area (Å²) in [6.45, 7) is 0. The smallest absolute Gasteiger partial charge is 0.142 e. The van der Waals surface area contributed by atoms with Gasteiger partial charge in [0.1, 0.15) is 17.3 Å². The van der Waals surface area contributed by atoms with Crippen molar-refractivity contribution < 1.29 is 9.50 Å². The minimum Gasteiger partial charge on any atom is -0.506 e. The molecule has 0 unspecified atom stereocenters. The van der Waals surface area contributed by atoms with Crippen LogP contribution in [-0.4, -0.2) is 16.3 Å². The van der Waals surface area contributed by atoms with Gasteiger partial charge in [-0.3, -0.25) is 10.4 Å². The molecule has 1 aromatic heterocycles. The molecule has 2 rings (SSSR count). The van der Waals surface area contributed by atoms with E-state index in [2.05, 4.69) is 15.5 Å². The summed E-state index contributed by atoms with van der Waals surface area (Å²) in [5, 5.41) is 13.3. The number of benzene rings is 1. The molecule has 2 N–H and O–H groups in total. The molecule has 0 saturated heterocycles. The predicted molar refractivity (Wildman–Crippen MR) is 63.5 cm³/mol. The van der Waals surface area contributed by atoms with Gasteiger partial charge in [0.2, 0.25) is 0 Å². The number of nitrogens with zero attached hydrogens (tertiary/aromatic N) is 2. The molecular weight excluding hydrogens is 221 g/mol. The van der Waals surface area contributed by atoms with E-state index in [4.69, 9.17) is 0 Å². The molecule has 0 aliphatic heterocycles. The summed E-state index contributed by atoms with van der Waals surface area (Å²) in [5.74, 6) is -0.251. The monoisotopic (exact) mass is 231 g/mol. The van der Waals surface area contributed by atoms with Crippen LogP contribution in [0.2, 0.25) is 0 Å². The number of pyridine rings is 1. The summed E-state index contributed by atoms with van der Waals surface area (Å²) >= 11 is 0. The van der Waals surface area contributed by atoms with Crippen molar-refractivity contribution in [2.45, 2.75) is 0 Å².